The van der Waals surface area contributed by atoms with Crippen LogP contribution in [0.15, 0.2) is 53.2 Å². The van der Waals surface area contributed by atoms with Gasteiger partial charge in [-0.15, -0.1) is 0 Å². The maximum Gasteiger partial charge on any atom is 0.289 e. The minimum atomic E-state index is -0.0997. The Labute approximate surface area is 147 Å². The first-order valence-electron chi connectivity index (χ1n) is 8.50. The van der Waals surface area contributed by atoms with Gasteiger partial charge in [0.1, 0.15) is 0 Å². The number of piperidine rings is 1. The minimum absolute atomic E-state index is 0.0888. The van der Waals surface area contributed by atoms with Gasteiger partial charge in [-0.1, -0.05) is 29.8 Å². The molecule has 0 bridgehead atoms. The molecule has 0 atom stereocenters. The van der Waals surface area contributed by atoms with Gasteiger partial charge in [-0.3, -0.25) is 9.59 Å². The van der Waals surface area contributed by atoms with Crippen LogP contribution in [0.5, 0.6) is 0 Å². The molecule has 2 heterocycles. The fourth-order valence-electron chi connectivity index (χ4n) is 2.98. The highest BCUT2D eigenvalue weighted by atomic mass is 16.3. The molecule has 0 saturated carbocycles. The fraction of sp³-hybridized carbons (Fsp3) is 0.300. The summed E-state index contributed by atoms with van der Waals surface area (Å²) in [6.45, 7) is 3.26. The van der Waals surface area contributed by atoms with Crippen LogP contribution < -0.4 is 5.32 Å². The molecule has 130 valence electrons. The zero-order valence-electron chi connectivity index (χ0n) is 14.3. The molecule has 0 radical (unpaired) electrons. The summed E-state index contributed by atoms with van der Waals surface area (Å²) in [5.41, 5.74) is 2.17. The summed E-state index contributed by atoms with van der Waals surface area (Å²) in [4.78, 5) is 26.1. The Hall–Kier alpha value is -2.82. The van der Waals surface area contributed by atoms with Gasteiger partial charge in [0.2, 0.25) is 5.91 Å². The largest absolute Gasteiger partial charge is 0.459 e. The molecular formula is C20H22N2O3. The lowest BCUT2D eigenvalue weighted by Gasteiger charge is -2.31. The summed E-state index contributed by atoms with van der Waals surface area (Å²) in [5, 5.41) is 3.01. The average Bonchev–Trinajstić information content (AvgIpc) is 3.15. The standard InChI is InChI=1S/C20H22N2O3/c1-15-4-2-5-16(14-15)7-8-19(23)21-17-9-11-22(12-10-17)20(24)18-6-3-13-25-18/h2-8,13-14,17H,9-12H2,1H3,(H,21,23)/b8-7+. The van der Waals surface area contributed by atoms with Gasteiger partial charge in [-0.05, 0) is 43.5 Å². The molecule has 0 aliphatic carbocycles. The zero-order chi connectivity index (χ0) is 17.6. The van der Waals surface area contributed by atoms with E-state index >= 15 is 0 Å². The van der Waals surface area contributed by atoms with E-state index in [1.807, 2.05) is 37.3 Å². The Morgan fingerprint density at radius 2 is 2.00 bits per heavy atom. The number of hydrogen-bond acceptors (Lipinski definition) is 3. The highest BCUT2D eigenvalue weighted by Crippen LogP contribution is 2.14. The highest BCUT2D eigenvalue weighted by molar-refractivity contribution is 5.92. The van der Waals surface area contributed by atoms with Crippen LogP contribution >= 0.6 is 0 Å². The van der Waals surface area contributed by atoms with E-state index in [0.29, 0.717) is 18.8 Å². The van der Waals surface area contributed by atoms with Gasteiger partial charge in [-0.25, -0.2) is 0 Å². The number of amides is 2. The molecule has 1 aliphatic rings. The van der Waals surface area contributed by atoms with Crippen LogP contribution in [0.1, 0.15) is 34.5 Å². The van der Waals surface area contributed by atoms with Crippen LogP contribution in [0.4, 0.5) is 0 Å². The number of nitrogens with zero attached hydrogens (tertiary/aromatic N) is 1. The Morgan fingerprint density at radius 3 is 2.68 bits per heavy atom. The second-order valence-electron chi connectivity index (χ2n) is 6.30. The third kappa shape index (κ3) is 4.59. The van der Waals surface area contributed by atoms with E-state index in [2.05, 4.69) is 5.32 Å². The quantitative estimate of drug-likeness (QED) is 0.872. The summed E-state index contributed by atoms with van der Waals surface area (Å²) in [6.07, 6.45) is 6.38. The van der Waals surface area contributed by atoms with Crippen molar-refractivity contribution in [3.63, 3.8) is 0 Å². The Morgan fingerprint density at radius 1 is 1.20 bits per heavy atom. The summed E-state index contributed by atoms with van der Waals surface area (Å²) < 4.78 is 5.15. The fourth-order valence-corrected chi connectivity index (χ4v) is 2.98. The van der Waals surface area contributed by atoms with Crippen LogP contribution in [0.2, 0.25) is 0 Å². The summed E-state index contributed by atoms with van der Waals surface area (Å²) >= 11 is 0. The van der Waals surface area contributed by atoms with Gasteiger partial charge in [-0.2, -0.15) is 0 Å². The Balaban J connectivity index is 1.47. The number of benzene rings is 1. The first-order valence-corrected chi connectivity index (χ1v) is 8.50. The molecule has 2 aromatic rings. The molecule has 0 unspecified atom stereocenters. The van der Waals surface area contributed by atoms with Crippen LogP contribution in [-0.4, -0.2) is 35.8 Å². The molecule has 1 fully saturated rings. The van der Waals surface area contributed by atoms with E-state index in [4.69, 9.17) is 4.42 Å². The summed E-state index contributed by atoms with van der Waals surface area (Å²) in [5.74, 6) is 0.176. The van der Waals surface area contributed by atoms with Crippen LogP contribution in [-0.2, 0) is 4.79 Å². The topological polar surface area (TPSA) is 62.6 Å². The Bertz CT molecular complexity index is 757. The van der Waals surface area contributed by atoms with Crippen LogP contribution in [0, 0.1) is 6.92 Å². The molecule has 1 aliphatic heterocycles. The van der Waals surface area contributed by atoms with E-state index in [0.717, 1.165) is 24.0 Å². The minimum Gasteiger partial charge on any atom is -0.459 e. The van der Waals surface area contributed by atoms with Gasteiger partial charge in [0, 0.05) is 25.2 Å². The van der Waals surface area contributed by atoms with Crippen LogP contribution in [0.3, 0.4) is 0 Å². The predicted octanol–water partition coefficient (Wildman–Crippen LogP) is 3.02. The van der Waals surface area contributed by atoms with Gasteiger partial charge >= 0.3 is 0 Å². The van der Waals surface area contributed by atoms with E-state index < -0.39 is 0 Å². The lowest BCUT2D eigenvalue weighted by molar-refractivity contribution is -0.117. The molecule has 2 amide bonds. The van der Waals surface area contributed by atoms with Crippen molar-refractivity contribution in [2.45, 2.75) is 25.8 Å². The number of carbonyl (C=O) groups is 2. The monoisotopic (exact) mass is 338 g/mol. The van der Waals surface area contributed by atoms with Gasteiger partial charge in [0.25, 0.3) is 5.91 Å². The maximum absolute atomic E-state index is 12.2. The smallest absolute Gasteiger partial charge is 0.289 e. The molecule has 1 N–H and O–H groups in total. The molecule has 0 spiro atoms. The second kappa shape index (κ2) is 7.83. The maximum atomic E-state index is 12.2. The van der Waals surface area contributed by atoms with E-state index in [1.165, 1.54) is 6.26 Å². The lowest BCUT2D eigenvalue weighted by atomic mass is 10.0. The summed E-state index contributed by atoms with van der Waals surface area (Å²) in [7, 11) is 0. The van der Waals surface area contributed by atoms with Crippen molar-refractivity contribution in [3.05, 3.63) is 65.6 Å². The third-order valence-electron chi connectivity index (χ3n) is 4.33. The van der Waals surface area contributed by atoms with Crippen molar-refractivity contribution >= 4 is 17.9 Å². The van der Waals surface area contributed by atoms with Gasteiger partial charge < -0.3 is 14.6 Å². The number of aryl methyl sites for hydroxylation is 1. The van der Waals surface area contributed by atoms with Crippen molar-refractivity contribution in [1.82, 2.24) is 10.2 Å². The predicted molar refractivity (Wildman–Crippen MR) is 96.0 cm³/mol. The molecule has 5 heteroatoms. The molecule has 1 aromatic heterocycles. The first kappa shape index (κ1) is 17.0. The van der Waals surface area contributed by atoms with Gasteiger partial charge in [0.15, 0.2) is 5.76 Å². The number of hydrogen-bond donors (Lipinski definition) is 1. The van der Waals surface area contributed by atoms with E-state index in [-0.39, 0.29) is 17.9 Å². The molecule has 1 saturated heterocycles. The Kier molecular flexibility index (Phi) is 5.33. The van der Waals surface area contributed by atoms with Crippen molar-refractivity contribution in [2.75, 3.05) is 13.1 Å². The molecule has 5 nitrogen and oxygen atoms in total. The van der Waals surface area contributed by atoms with Crippen LogP contribution in [0.25, 0.3) is 6.08 Å². The van der Waals surface area contributed by atoms with E-state index in [9.17, 15) is 9.59 Å². The first-order chi connectivity index (χ1) is 12.1. The van der Waals surface area contributed by atoms with Crippen molar-refractivity contribution in [1.29, 1.82) is 0 Å². The molecule has 25 heavy (non-hydrogen) atoms. The SMILES string of the molecule is Cc1cccc(/C=C/C(=O)NC2CCN(C(=O)c3ccco3)CC2)c1. The number of nitrogens with one attached hydrogen (secondary N) is 1. The van der Waals surface area contributed by atoms with Crippen molar-refractivity contribution < 1.29 is 14.0 Å². The van der Waals surface area contributed by atoms with Gasteiger partial charge in [0.05, 0.1) is 6.26 Å². The zero-order valence-corrected chi connectivity index (χ0v) is 14.3. The van der Waals surface area contributed by atoms with Crippen molar-refractivity contribution in [2.24, 2.45) is 0 Å². The van der Waals surface area contributed by atoms with E-state index in [1.54, 1.807) is 23.1 Å². The number of rotatable bonds is 4. The highest BCUT2D eigenvalue weighted by Gasteiger charge is 2.25. The number of furan rings is 1. The number of likely N-dealkylation sites (tertiary alicyclic amines) is 1. The third-order valence-corrected chi connectivity index (χ3v) is 4.33. The molecule has 1 aromatic carbocycles. The molecule has 3 rings (SSSR count). The summed E-state index contributed by atoms with van der Waals surface area (Å²) in [6, 6.07) is 11.5. The second-order valence-corrected chi connectivity index (χ2v) is 6.30. The lowest BCUT2D eigenvalue weighted by Crippen LogP contribution is -2.46. The average molecular weight is 338 g/mol. The van der Waals surface area contributed by atoms with Crippen molar-refractivity contribution in [3.8, 4) is 0 Å². The normalized spacial score (nSPS) is 15.5. The molecular weight excluding hydrogens is 316 g/mol. The number of carbonyl (C=O) groups excluding carboxylic acids is 2.